The van der Waals surface area contributed by atoms with Crippen LogP contribution in [-0.4, -0.2) is 15.5 Å². The van der Waals surface area contributed by atoms with Crippen LogP contribution in [0.4, 0.5) is 0 Å². The predicted octanol–water partition coefficient (Wildman–Crippen LogP) is 1.60. The summed E-state index contributed by atoms with van der Waals surface area (Å²) in [5, 5.41) is 2.94. The highest BCUT2D eigenvalue weighted by atomic mass is 16.2. The van der Waals surface area contributed by atoms with Gasteiger partial charge in [0.15, 0.2) is 0 Å². The number of aryl methyl sites for hydroxylation is 1. The van der Waals surface area contributed by atoms with Crippen molar-refractivity contribution in [2.24, 2.45) is 13.0 Å². The van der Waals surface area contributed by atoms with Gasteiger partial charge in [-0.25, -0.2) is 4.98 Å². The third-order valence-electron chi connectivity index (χ3n) is 3.25. The summed E-state index contributed by atoms with van der Waals surface area (Å²) in [6.07, 6.45) is 2.07. The first-order valence-electron chi connectivity index (χ1n) is 5.94. The van der Waals surface area contributed by atoms with Crippen LogP contribution in [0.2, 0.25) is 0 Å². The minimum Gasteiger partial charge on any atom is -0.349 e. The average molecular weight is 229 g/mol. The molecule has 1 amide bonds. The Morgan fingerprint density at radius 3 is 2.94 bits per heavy atom. The molecule has 1 saturated carbocycles. The molecule has 4 nitrogen and oxygen atoms in total. The summed E-state index contributed by atoms with van der Waals surface area (Å²) in [6, 6.07) is 7.99. The van der Waals surface area contributed by atoms with Crippen molar-refractivity contribution in [3.63, 3.8) is 0 Å². The number of imidazole rings is 1. The van der Waals surface area contributed by atoms with Crippen molar-refractivity contribution in [1.82, 2.24) is 14.9 Å². The van der Waals surface area contributed by atoms with E-state index < -0.39 is 0 Å². The number of benzene rings is 1. The van der Waals surface area contributed by atoms with Crippen molar-refractivity contribution in [3.8, 4) is 0 Å². The van der Waals surface area contributed by atoms with E-state index >= 15 is 0 Å². The van der Waals surface area contributed by atoms with Crippen molar-refractivity contribution >= 4 is 16.9 Å². The van der Waals surface area contributed by atoms with Crippen LogP contribution in [0.3, 0.4) is 0 Å². The van der Waals surface area contributed by atoms with Crippen molar-refractivity contribution in [1.29, 1.82) is 0 Å². The Hall–Kier alpha value is -1.84. The molecule has 0 unspecified atom stereocenters. The van der Waals surface area contributed by atoms with Crippen LogP contribution >= 0.6 is 0 Å². The Kier molecular flexibility index (Phi) is 2.35. The highest BCUT2D eigenvalue weighted by Gasteiger charge is 2.29. The van der Waals surface area contributed by atoms with Gasteiger partial charge in [-0.2, -0.15) is 0 Å². The van der Waals surface area contributed by atoms with Gasteiger partial charge in [0.05, 0.1) is 17.6 Å². The zero-order valence-electron chi connectivity index (χ0n) is 9.81. The monoisotopic (exact) mass is 229 g/mol. The summed E-state index contributed by atoms with van der Waals surface area (Å²) in [5.74, 6) is 1.32. The van der Waals surface area contributed by atoms with Crippen molar-refractivity contribution in [2.75, 3.05) is 0 Å². The number of hydrogen-bond acceptors (Lipinski definition) is 2. The second-order valence-electron chi connectivity index (χ2n) is 4.57. The molecule has 2 aromatic rings. The number of carbonyl (C=O) groups excluding carboxylic acids is 1. The van der Waals surface area contributed by atoms with Crippen LogP contribution in [-0.2, 0) is 18.4 Å². The van der Waals surface area contributed by atoms with Gasteiger partial charge in [0.1, 0.15) is 5.82 Å². The van der Waals surface area contributed by atoms with Crippen LogP contribution in [0.15, 0.2) is 24.3 Å². The summed E-state index contributed by atoms with van der Waals surface area (Å²) in [5.41, 5.74) is 2.08. The molecule has 88 valence electrons. The Balaban J connectivity index is 1.80. The van der Waals surface area contributed by atoms with E-state index in [0.717, 1.165) is 29.7 Å². The molecule has 0 radical (unpaired) electrons. The van der Waals surface area contributed by atoms with E-state index in [1.165, 1.54) is 0 Å². The zero-order valence-corrected chi connectivity index (χ0v) is 9.81. The number of rotatable bonds is 3. The van der Waals surface area contributed by atoms with E-state index in [0.29, 0.717) is 6.54 Å². The fraction of sp³-hybridized carbons (Fsp3) is 0.385. The first kappa shape index (κ1) is 10.3. The van der Waals surface area contributed by atoms with Crippen LogP contribution in [0.25, 0.3) is 11.0 Å². The highest BCUT2D eigenvalue weighted by Crippen LogP contribution is 2.28. The van der Waals surface area contributed by atoms with E-state index in [1.54, 1.807) is 0 Å². The van der Waals surface area contributed by atoms with Crippen LogP contribution in [0.1, 0.15) is 18.7 Å². The quantitative estimate of drug-likeness (QED) is 0.869. The molecule has 0 bridgehead atoms. The number of nitrogens with zero attached hydrogens (tertiary/aromatic N) is 2. The van der Waals surface area contributed by atoms with Crippen molar-refractivity contribution in [3.05, 3.63) is 30.1 Å². The fourth-order valence-electron chi connectivity index (χ4n) is 2.01. The minimum atomic E-state index is 0.164. The third kappa shape index (κ3) is 1.90. The zero-order chi connectivity index (χ0) is 11.8. The smallest absolute Gasteiger partial charge is 0.223 e. The Bertz CT molecular complexity index is 569. The topological polar surface area (TPSA) is 46.9 Å². The second-order valence-corrected chi connectivity index (χ2v) is 4.57. The molecule has 0 saturated heterocycles. The molecule has 1 N–H and O–H groups in total. The van der Waals surface area contributed by atoms with E-state index in [-0.39, 0.29) is 11.8 Å². The molecule has 1 aromatic carbocycles. The second kappa shape index (κ2) is 3.87. The minimum absolute atomic E-state index is 0.164. The summed E-state index contributed by atoms with van der Waals surface area (Å²) in [6.45, 7) is 0.514. The van der Waals surface area contributed by atoms with Gasteiger partial charge in [0.25, 0.3) is 0 Å². The third-order valence-corrected chi connectivity index (χ3v) is 3.25. The number of aromatic nitrogens is 2. The Labute approximate surface area is 99.6 Å². The van der Waals surface area contributed by atoms with Crippen LogP contribution in [0.5, 0.6) is 0 Å². The van der Waals surface area contributed by atoms with Gasteiger partial charge < -0.3 is 9.88 Å². The molecule has 0 atom stereocenters. The summed E-state index contributed by atoms with van der Waals surface area (Å²) in [4.78, 5) is 16.1. The number of amides is 1. The van der Waals surface area contributed by atoms with Crippen LogP contribution in [0, 0.1) is 5.92 Å². The molecule has 3 rings (SSSR count). The SMILES string of the molecule is Cn1c(CNC(=O)C2CC2)nc2ccccc21. The van der Waals surface area contributed by atoms with E-state index in [2.05, 4.69) is 10.3 Å². The largest absolute Gasteiger partial charge is 0.349 e. The normalized spacial score (nSPS) is 15.1. The number of fused-ring (bicyclic) bond motifs is 1. The number of para-hydroxylation sites is 2. The lowest BCUT2D eigenvalue weighted by molar-refractivity contribution is -0.122. The fourth-order valence-corrected chi connectivity index (χ4v) is 2.01. The molecule has 1 heterocycles. The maximum atomic E-state index is 11.6. The van der Waals surface area contributed by atoms with Crippen LogP contribution < -0.4 is 5.32 Å². The lowest BCUT2D eigenvalue weighted by Crippen LogP contribution is -2.25. The molecule has 4 heteroatoms. The lowest BCUT2D eigenvalue weighted by atomic mass is 10.3. The van der Waals surface area contributed by atoms with Gasteiger partial charge in [-0.1, -0.05) is 12.1 Å². The van der Waals surface area contributed by atoms with E-state index in [4.69, 9.17) is 0 Å². The van der Waals surface area contributed by atoms with E-state index in [1.807, 2.05) is 35.9 Å². The molecule has 1 aliphatic rings. The first-order chi connectivity index (χ1) is 8.25. The van der Waals surface area contributed by atoms with Gasteiger partial charge in [0, 0.05) is 13.0 Å². The standard InChI is InChI=1S/C13H15N3O/c1-16-11-5-3-2-4-10(11)15-12(16)8-14-13(17)9-6-7-9/h2-5,9H,6-8H2,1H3,(H,14,17). The van der Waals surface area contributed by atoms with E-state index in [9.17, 15) is 4.79 Å². The van der Waals surface area contributed by atoms with Gasteiger partial charge >= 0.3 is 0 Å². The maximum absolute atomic E-state index is 11.6. The molecule has 1 aliphatic carbocycles. The van der Waals surface area contributed by atoms with Crippen molar-refractivity contribution in [2.45, 2.75) is 19.4 Å². The number of carbonyl (C=O) groups is 1. The Morgan fingerprint density at radius 2 is 2.24 bits per heavy atom. The van der Waals surface area contributed by atoms with Gasteiger partial charge in [-0.3, -0.25) is 4.79 Å². The average Bonchev–Trinajstić information content (AvgIpc) is 3.14. The summed E-state index contributed by atoms with van der Waals surface area (Å²) < 4.78 is 2.03. The summed E-state index contributed by atoms with van der Waals surface area (Å²) in [7, 11) is 1.98. The lowest BCUT2D eigenvalue weighted by Gasteiger charge is -2.04. The molecule has 0 aliphatic heterocycles. The molecule has 0 spiro atoms. The van der Waals surface area contributed by atoms with Gasteiger partial charge in [-0.05, 0) is 25.0 Å². The van der Waals surface area contributed by atoms with Gasteiger partial charge in [-0.15, -0.1) is 0 Å². The molecular formula is C13H15N3O. The van der Waals surface area contributed by atoms with Gasteiger partial charge in [0.2, 0.25) is 5.91 Å². The number of hydrogen-bond donors (Lipinski definition) is 1. The maximum Gasteiger partial charge on any atom is 0.223 e. The van der Waals surface area contributed by atoms with Crippen molar-refractivity contribution < 1.29 is 4.79 Å². The number of nitrogens with one attached hydrogen (secondary N) is 1. The molecule has 17 heavy (non-hydrogen) atoms. The predicted molar refractivity (Wildman–Crippen MR) is 65.3 cm³/mol. The molecule has 1 aromatic heterocycles. The summed E-state index contributed by atoms with van der Waals surface area (Å²) >= 11 is 0. The Morgan fingerprint density at radius 1 is 1.47 bits per heavy atom. The highest BCUT2D eigenvalue weighted by molar-refractivity contribution is 5.81. The molecule has 1 fully saturated rings. The molecular weight excluding hydrogens is 214 g/mol. The first-order valence-corrected chi connectivity index (χ1v) is 5.94.